The summed E-state index contributed by atoms with van der Waals surface area (Å²) in [6.45, 7) is 1.09. The standard InChI is InChI=1S/C17H18ClN3O2S/c18-13-5-1-6-14(10-13)19-16(22)12-4-2-8-21(11-12)17(23)20-15-7-3-9-24-15/h1,3,5-7,9-10,12H,2,4,8,11H2,(H,19,22)(H,20,23). The lowest BCUT2D eigenvalue weighted by Crippen LogP contribution is -2.45. The minimum Gasteiger partial charge on any atom is -0.326 e. The number of amides is 3. The van der Waals surface area contributed by atoms with Gasteiger partial charge in [0, 0.05) is 23.8 Å². The van der Waals surface area contributed by atoms with Gasteiger partial charge in [0.15, 0.2) is 0 Å². The third-order valence-corrected chi connectivity index (χ3v) is 4.94. The lowest BCUT2D eigenvalue weighted by atomic mass is 9.97. The first-order chi connectivity index (χ1) is 11.6. The Balaban J connectivity index is 1.58. The molecule has 1 fully saturated rings. The number of piperidine rings is 1. The van der Waals surface area contributed by atoms with Gasteiger partial charge in [-0.2, -0.15) is 0 Å². The average Bonchev–Trinajstić information content (AvgIpc) is 3.08. The first-order valence-corrected chi connectivity index (χ1v) is 9.03. The van der Waals surface area contributed by atoms with E-state index in [1.54, 1.807) is 29.2 Å². The Hall–Kier alpha value is -2.05. The van der Waals surface area contributed by atoms with Gasteiger partial charge in [-0.25, -0.2) is 4.79 Å². The van der Waals surface area contributed by atoms with Crippen molar-refractivity contribution in [2.75, 3.05) is 23.7 Å². The molecule has 2 heterocycles. The highest BCUT2D eigenvalue weighted by Gasteiger charge is 2.28. The van der Waals surface area contributed by atoms with Crippen LogP contribution in [0.25, 0.3) is 0 Å². The lowest BCUT2D eigenvalue weighted by Gasteiger charge is -2.31. The van der Waals surface area contributed by atoms with E-state index >= 15 is 0 Å². The maximum absolute atomic E-state index is 12.5. The van der Waals surface area contributed by atoms with Crippen LogP contribution < -0.4 is 10.6 Å². The van der Waals surface area contributed by atoms with E-state index in [4.69, 9.17) is 11.6 Å². The molecule has 0 bridgehead atoms. The van der Waals surface area contributed by atoms with Crippen LogP contribution in [0.3, 0.4) is 0 Å². The number of carbonyl (C=O) groups is 2. The first-order valence-electron chi connectivity index (χ1n) is 7.77. The van der Waals surface area contributed by atoms with E-state index in [0.29, 0.717) is 23.8 Å². The Bertz CT molecular complexity index is 720. The second kappa shape index (κ2) is 7.68. The van der Waals surface area contributed by atoms with Gasteiger partial charge >= 0.3 is 6.03 Å². The van der Waals surface area contributed by atoms with Gasteiger partial charge in [0.1, 0.15) is 0 Å². The summed E-state index contributed by atoms with van der Waals surface area (Å²) in [5.41, 5.74) is 0.674. The summed E-state index contributed by atoms with van der Waals surface area (Å²) in [7, 11) is 0. The predicted octanol–water partition coefficient (Wildman–Crippen LogP) is 4.28. The van der Waals surface area contributed by atoms with E-state index in [9.17, 15) is 9.59 Å². The van der Waals surface area contributed by atoms with Crippen LogP contribution in [-0.4, -0.2) is 29.9 Å². The van der Waals surface area contributed by atoms with E-state index in [2.05, 4.69) is 10.6 Å². The number of hydrogen-bond acceptors (Lipinski definition) is 3. The molecule has 0 aliphatic carbocycles. The molecule has 1 saturated heterocycles. The molecular weight excluding hydrogens is 346 g/mol. The van der Waals surface area contributed by atoms with Crippen molar-refractivity contribution < 1.29 is 9.59 Å². The van der Waals surface area contributed by atoms with Gasteiger partial charge in [0.2, 0.25) is 5.91 Å². The largest absolute Gasteiger partial charge is 0.326 e. The van der Waals surface area contributed by atoms with Gasteiger partial charge in [-0.1, -0.05) is 17.7 Å². The third kappa shape index (κ3) is 4.27. The van der Waals surface area contributed by atoms with E-state index < -0.39 is 0 Å². The van der Waals surface area contributed by atoms with Crippen molar-refractivity contribution in [3.05, 3.63) is 46.8 Å². The number of carbonyl (C=O) groups excluding carboxylic acids is 2. The fourth-order valence-electron chi connectivity index (χ4n) is 2.72. The quantitative estimate of drug-likeness (QED) is 0.854. The molecule has 0 spiro atoms. The zero-order valence-corrected chi connectivity index (χ0v) is 14.6. The number of hydrogen-bond donors (Lipinski definition) is 2. The van der Waals surface area contributed by atoms with E-state index in [1.165, 1.54) is 11.3 Å². The highest BCUT2D eigenvalue weighted by atomic mass is 35.5. The van der Waals surface area contributed by atoms with Crippen molar-refractivity contribution in [3.63, 3.8) is 0 Å². The normalized spacial score (nSPS) is 17.4. The number of nitrogens with one attached hydrogen (secondary N) is 2. The molecule has 2 N–H and O–H groups in total. The highest BCUT2D eigenvalue weighted by molar-refractivity contribution is 7.14. The molecule has 5 nitrogen and oxygen atoms in total. The SMILES string of the molecule is O=C(Nc1cccc(Cl)c1)C1CCCN(C(=O)Nc2cccs2)C1. The Morgan fingerprint density at radius 3 is 2.83 bits per heavy atom. The second-order valence-electron chi connectivity index (χ2n) is 5.69. The number of urea groups is 1. The molecule has 1 aliphatic rings. The molecule has 3 rings (SSSR count). The van der Waals surface area contributed by atoms with Crippen molar-refractivity contribution in [1.29, 1.82) is 0 Å². The van der Waals surface area contributed by atoms with Gasteiger partial charge in [0.25, 0.3) is 0 Å². The molecule has 0 saturated carbocycles. The van der Waals surface area contributed by atoms with Gasteiger partial charge in [-0.05, 0) is 48.6 Å². The number of likely N-dealkylation sites (tertiary alicyclic amines) is 1. The summed E-state index contributed by atoms with van der Waals surface area (Å²) in [5, 5.41) is 9.04. The zero-order valence-electron chi connectivity index (χ0n) is 13.0. The van der Waals surface area contributed by atoms with Crippen LogP contribution in [0, 0.1) is 5.92 Å². The number of benzene rings is 1. The maximum Gasteiger partial charge on any atom is 0.322 e. The lowest BCUT2D eigenvalue weighted by molar-refractivity contribution is -0.121. The second-order valence-corrected chi connectivity index (χ2v) is 7.08. The molecule has 126 valence electrons. The van der Waals surface area contributed by atoms with E-state index in [-0.39, 0.29) is 17.9 Å². The van der Waals surface area contributed by atoms with Crippen LogP contribution in [0.5, 0.6) is 0 Å². The summed E-state index contributed by atoms with van der Waals surface area (Å²) in [5.74, 6) is -0.294. The van der Waals surface area contributed by atoms with Crippen LogP contribution in [-0.2, 0) is 4.79 Å². The highest BCUT2D eigenvalue weighted by Crippen LogP contribution is 2.22. The molecular formula is C17H18ClN3O2S. The van der Waals surface area contributed by atoms with Gasteiger partial charge in [0.05, 0.1) is 10.9 Å². The number of rotatable bonds is 3. The number of anilines is 2. The molecule has 2 aromatic rings. The predicted molar refractivity (Wildman–Crippen MR) is 97.7 cm³/mol. The summed E-state index contributed by atoms with van der Waals surface area (Å²) in [4.78, 5) is 26.5. The molecule has 1 aromatic heterocycles. The molecule has 3 amide bonds. The van der Waals surface area contributed by atoms with Crippen molar-refractivity contribution in [1.82, 2.24) is 4.90 Å². The topological polar surface area (TPSA) is 61.4 Å². The molecule has 1 atom stereocenters. The number of thiophene rings is 1. The Kier molecular flexibility index (Phi) is 5.37. The molecule has 1 aliphatic heterocycles. The summed E-state index contributed by atoms with van der Waals surface area (Å²) in [6.07, 6.45) is 1.58. The summed E-state index contributed by atoms with van der Waals surface area (Å²) < 4.78 is 0. The van der Waals surface area contributed by atoms with Crippen molar-refractivity contribution in [2.24, 2.45) is 5.92 Å². The van der Waals surface area contributed by atoms with E-state index in [0.717, 1.165) is 17.8 Å². The molecule has 0 radical (unpaired) electrons. The van der Waals surface area contributed by atoms with Crippen molar-refractivity contribution >= 4 is 45.6 Å². The molecule has 24 heavy (non-hydrogen) atoms. The molecule has 7 heteroatoms. The van der Waals surface area contributed by atoms with Crippen LogP contribution in [0.4, 0.5) is 15.5 Å². The van der Waals surface area contributed by atoms with Crippen molar-refractivity contribution in [3.8, 4) is 0 Å². The van der Waals surface area contributed by atoms with Gasteiger partial charge in [-0.3, -0.25) is 10.1 Å². The Labute approximate surface area is 149 Å². The van der Waals surface area contributed by atoms with Crippen LogP contribution >= 0.6 is 22.9 Å². The number of halogens is 1. The maximum atomic E-state index is 12.5. The third-order valence-electron chi connectivity index (χ3n) is 3.92. The van der Waals surface area contributed by atoms with E-state index in [1.807, 2.05) is 17.5 Å². The minimum absolute atomic E-state index is 0.0779. The Morgan fingerprint density at radius 2 is 2.08 bits per heavy atom. The van der Waals surface area contributed by atoms with Gasteiger partial charge < -0.3 is 10.2 Å². The molecule has 1 aromatic carbocycles. The average molecular weight is 364 g/mol. The fourth-order valence-corrected chi connectivity index (χ4v) is 3.52. The Morgan fingerprint density at radius 1 is 1.21 bits per heavy atom. The molecule has 1 unspecified atom stereocenters. The fraction of sp³-hybridized carbons (Fsp3) is 0.294. The van der Waals surface area contributed by atoms with Crippen LogP contribution in [0.1, 0.15) is 12.8 Å². The monoisotopic (exact) mass is 363 g/mol. The van der Waals surface area contributed by atoms with Gasteiger partial charge in [-0.15, -0.1) is 11.3 Å². The zero-order chi connectivity index (χ0) is 16.9. The van der Waals surface area contributed by atoms with Crippen LogP contribution in [0.2, 0.25) is 5.02 Å². The van der Waals surface area contributed by atoms with Crippen molar-refractivity contribution in [2.45, 2.75) is 12.8 Å². The minimum atomic E-state index is -0.216. The summed E-state index contributed by atoms with van der Waals surface area (Å²) >= 11 is 7.41. The summed E-state index contributed by atoms with van der Waals surface area (Å²) in [6, 6.07) is 10.6. The first kappa shape index (κ1) is 16.8. The smallest absolute Gasteiger partial charge is 0.322 e. The number of nitrogens with zero attached hydrogens (tertiary/aromatic N) is 1. The van der Waals surface area contributed by atoms with Crippen LogP contribution in [0.15, 0.2) is 41.8 Å².